The van der Waals surface area contributed by atoms with Crippen molar-refractivity contribution in [3.05, 3.63) is 0 Å². The van der Waals surface area contributed by atoms with Gasteiger partial charge in [-0.05, 0) is 46.6 Å². The Morgan fingerprint density at radius 3 is 2.73 bits per heavy atom. The fourth-order valence-electron chi connectivity index (χ4n) is 1.84. The summed E-state index contributed by atoms with van der Waals surface area (Å²) >= 11 is 0. The second kappa shape index (κ2) is 5.28. The van der Waals surface area contributed by atoms with Crippen LogP contribution >= 0.6 is 0 Å². The molecule has 1 unspecified atom stereocenters. The quantitative estimate of drug-likeness (QED) is 0.760. The van der Waals surface area contributed by atoms with Crippen LogP contribution in [0.1, 0.15) is 40.0 Å². The maximum Gasteiger partial charge on any atom is 0.0645 e. The fourth-order valence-corrected chi connectivity index (χ4v) is 1.84. The molecule has 0 saturated carbocycles. The van der Waals surface area contributed by atoms with Crippen LogP contribution in [0.4, 0.5) is 0 Å². The molecule has 1 rings (SSSR count). The Hall–Kier alpha value is -0.120. The summed E-state index contributed by atoms with van der Waals surface area (Å²) in [6.45, 7) is 9.22. The van der Waals surface area contributed by atoms with Crippen molar-refractivity contribution in [3.63, 3.8) is 0 Å². The molecule has 0 spiro atoms. The van der Waals surface area contributed by atoms with Crippen LogP contribution in [0.2, 0.25) is 0 Å². The smallest absolute Gasteiger partial charge is 0.0645 e. The van der Waals surface area contributed by atoms with Crippen molar-refractivity contribution >= 4 is 0 Å². The van der Waals surface area contributed by atoms with Crippen molar-refractivity contribution in [3.8, 4) is 0 Å². The van der Waals surface area contributed by atoms with Crippen LogP contribution < -0.4 is 5.32 Å². The number of rotatable bonds is 5. The second-order valence-corrected chi connectivity index (χ2v) is 5.36. The van der Waals surface area contributed by atoms with Crippen LogP contribution in [0, 0.1) is 0 Å². The summed E-state index contributed by atoms with van der Waals surface area (Å²) in [5.74, 6) is 0. The highest BCUT2D eigenvalue weighted by molar-refractivity contribution is 4.86. The van der Waals surface area contributed by atoms with Crippen molar-refractivity contribution in [1.29, 1.82) is 0 Å². The van der Waals surface area contributed by atoms with Crippen molar-refractivity contribution in [2.24, 2.45) is 0 Å². The predicted molar refractivity (Wildman–Crippen MR) is 62.2 cm³/mol. The first-order valence-electron chi connectivity index (χ1n) is 5.85. The molecule has 3 nitrogen and oxygen atoms in total. The van der Waals surface area contributed by atoms with E-state index in [1.807, 2.05) is 0 Å². The first kappa shape index (κ1) is 12.9. The average Bonchev–Trinajstić information content (AvgIpc) is 2.18. The van der Waals surface area contributed by atoms with Crippen LogP contribution in [0.5, 0.6) is 0 Å². The number of ether oxygens (including phenoxy) is 2. The van der Waals surface area contributed by atoms with E-state index in [-0.39, 0.29) is 11.1 Å². The standard InChI is InChI=1S/C12H25NO2/c1-11(2,14-4)7-8-13-12(3)6-5-9-15-10-12/h13H,5-10H2,1-4H3. The van der Waals surface area contributed by atoms with Gasteiger partial charge in [0.2, 0.25) is 0 Å². The first-order chi connectivity index (χ1) is 6.97. The normalized spacial score (nSPS) is 28.0. The Kier molecular flexibility index (Phi) is 4.56. The fraction of sp³-hybridized carbons (Fsp3) is 1.00. The Balaban J connectivity index is 2.24. The molecule has 1 saturated heterocycles. The molecule has 1 heterocycles. The topological polar surface area (TPSA) is 30.5 Å². The summed E-state index contributed by atoms with van der Waals surface area (Å²) in [5.41, 5.74) is 0.140. The van der Waals surface area contributed by atoms with E-state index in [4.69, 9.17) is 9.47 Å². The van der Waals surface area contributed by atoms with E-state index < -0.39 is 0 Å². The van der Waals surface area contributed by atoms with E-state index in [2.05, 4.69) is 26.1 Å². The molecule has 0 aromatic rings. The summed E-state index contributed by atoms with van der Waals surface area (Å²) in [6.07, 6.45) is 3.40. The molecular formula is C12H25NO2. The van der Waals surface area contributed by atoms with Crippen LogP contribution in [0.3, 0.4) is 0 Å². The minimum Gasteiger partial charge on any atom is -0.380 e. The van der Waals surface area contributed by atoms with Crippen LogP contribution in [-0.2, 0) is 9.47 Å². The van der Waals surface area contributed by atoms with Crippen molar-refractivity contribution < 1.29 is 9.47 Å². The lowest BCUT2D eigenvalue weighted by molar-refractivity contribution is 0.00386. The Morgan fingerprint density at radius 2 is 2.20 bits per heavy atom. The molecule has 15 heavy (non-hydrogen) atoms. The van der Waals surface area contributed by atoms with Gasteiger partial charge in [-0.15, -0.1) is 0 Å². The van der Waals surface area contributed by atoms with Crippen LogP contribution in [-0.4, -0.2) is 38.0 Å². The second-order valence-electron chi connectivity index (χ2n) is 5.36. The zero-order chi connectivity index (χ0) is 11.4. The molecule has 0 amide bonds. The molecule has 1 fully saturated rings. The zero-order valence-corrected chi connectivity index (χ0v) is 10.6. The van der Waals surface area contributed by atoms with Gasteiger partial charge in [0.25, 0.3) is 0 Å². The molecule has 90 valence electrons. The van der Waals surface area contributed by atoms with Gasteiger partial charge in [0.1, 0.15) is 0 Å². The monoisotopic (exact) mass is 215 g/mol. The van der Waals surface area contributed by atoms with E-state index in [0.29, 0.717) is 0 Å². The third-order valence-corrected chi connectivity index (χ3v) is 3.27. The summed E-state index contributed by atoms with van der Waals surface area (Å²) in [6, 6.07) is 0. The van der Waals surface area contributed by atoms with Gasteiger partial charge in [-0.2, -0.15) is 0 Å². The average molecular weight is 215 g/mol. The summed E-state index contributed by atoms with van der Waals surface area (Å²) < 4.78 is 10.9. The molecule has 1 atom stereocenters. The Morgan fingerprint density at radius 1 is 1.47 bits per heavy atom. The highest BCUT2D eigenvalue weighted by Crippen LogP contribution is 2.19. The lowest BCUT2D eigenvalue weighted by atomic mass is 9.94. The molecule has 0 aromatic carbocycles. The van der Waals surface area contributed by atoms with Gasteiger partial charge in [-0.3, -0.25) is 0 Å². The van der Waals surface area contributed by atoms with Crippen LogP contribution in [0.15, 0.2) is 0 Å². The lowest BCUT2D eigenvalue weighted by Gasteiger charge is -2.35. The number of nitrogens with one attached hydrogen (secondary N) is 1. The van der Waals surface area contributed by atoms with E-state index in [1.54, 1.807) is 7.11 Å². The van der Waals surface area contributed by atoms with Gasteiger partial charge in [0.05, 0.1) is 12.2 Å². The van der Waals surface area contributed by atoms with Crippen LogP contribution in [0.25, 0.3) is 0 Å². The Bertz CT molecular complexity index is 186. The number of methoxy groups -OCH3 is 1. The summed E-state index contributed by atoms with van der Waals surface area (Å²) in [7, 11) is 1.77. The number of hydrogen-bond acceptors (Lipinski definition) is 3. The minimum atomic E-state index is -0.0289. The maximum atomic E-state index is 5.50. The highest BCUT2D eigenvalue weighted by Gasteiger charge is 2.27. The zero-order valence-electron chi connectivity index (χ0n) is 10.6. The van der Waals surface area contributed by atoms with E-state index in [1.165, 1.54) is 6.42 Å². The Labute approximate surface area is 93.5 Å². The summed E-state index contributed by atoms with van der Waals surface area (Å²) in [5, 5.41) is 3.58. The molecule has 1 N–H and O–H groups in total. The molecule has 0 aromatic heterocycles. The molecule has 1 aliphatic heterocycles. The van der Waals surface area contributed by atoms with Crippen molar-refractivity contribution in [2.75, 3.05) is 26.9 Å². The minimum absolute atomic E-state index is 0.0289. The van der Waals surface area contributed by atoms with Gasteiger partial charge in [-0.25, -0.2) is 0 Å². The first-order valence-corrected chi connectivity index (χ1v) is 5.85. The van der Waals surface area contributed by atoms with E-state index >= 15 is 0 Å². The predicted octanol–water partition coefficient (Wildman–Crippen LogP) is 1.96. The lowest BCUT2D eigenvalue weighted by Crippen LogP contribution is -2.50. The molecule has 1 aliphatic rings. The van der Waals surface area contributed by atoms with Gasteiger partial charge in [0.15, 0.2) is 0 Å². The largest absolute Gasteiger partial charge is 0.380 e. The third-order valence-electron chi connectivity index (χ3n) is 3.27. The molecular weight excluding hydrogens is 190 g/mol. The molecule has 0 bridgehead atoms. The van der Waals surface area contributed by atoms with Gasteiger partial charge in [0, 0.05) is 19.3 Å². The maximum absolute atomic E-state index is 5.50. The van der Waals surface area contributed by atoms with Crippen molar-refractivity contribution in [2.45, 2.75) is 51.2 Å². The van der Waals surface area contributed by atoms with Gasteiger partial charge >= 0.3 is 0 Å². The van der Waals surface area contributed by atoms with Crippen molar-refractivity contribution in [1.82, 2.24) is 5.32 Å². The number of hydrogen-bond donors (Lipinski definition) is 1. The molecule has 3 heteroatoms. The van der Waals surface area contributed by atoms with Gasteiger partial charge < -0.3 is 14.8 Å². The molecule has 0 aliphatic carbocycles. The summed E-state index contributed by atoms with van der Waals surface area (Å²) in [4.78, 5) is 0. The molecule has 0 radical (unpaired) electrons. The highest BCUT2D eigenvalue weighted by atomic mass is 16.5. The SMILES string of the molecule is COC(C)(C)CCNC1(C)CCCOC1. The van der Waals surface area contributed by atoms with Gasteiger partial charge in [-0.1, -0.05) is 0 Å². The van der Waals surface area contributed by atoms with E-state index in [0.717, 1.165) is 32.6 Å². The third kappa shape index (κ3) is 4.49. The van der Waals surface area contributed by atoms with E-state index in [9.17, 15) is 0 Å².